The molecule has 0 spiro atoms. The highest BCUT2D eigenvalue weighted by Crippen LogP contribution is 2.28. The molecule has 1 aromatic heterocycles. The Morgan fingerprint density at radius 2 is 1.95 bits per heavy atom. The molecule has 3 N–H and O–H groups in total. The zero-order valence-electron chi connectivity index (χ0n) is 9.82. The quantitative estimate of drug-likeness (QED) is 0.666. The van der Waals surface area contributed by atoms with Crippen molar-refractivity contribution in [3.05, 3.63) is 47.3 Å². The monoisotopic (exact) mass is 280 g/mol. The number of hydrogen-bond donors (Lipinski definition) is 2. The van der Waals surface area contributed by atoms with E-state index < -0.39 is 34.7 Å². The summed E-state index contributed by atoms with van der Waals surface area (Å²) in [6.07, 6.45) is 0. The molecular weight excluding hydrogens is 273 g/mol. The Kier molecular flexibility index (Phi) is 3.72. The molecule has 0 aliphatic heterocycles. The molecule has 0 bridgehead atoms. The minimum atomic E-state index is -1.12. The van der Waals surface area contributed by atoms with Gasteiger partial charge in [0, 0.05) is 6.07 Å². The first-order valence-corrected chi connectivity index (χ1v) is 5.26. The highest BCUT2D eigenvalue weighted by Gasteiger charge is 2.16. The van der Waals surface area contributed by atoms with Crippen LogP contribution in [0.4, 0.5) is 19.0 Å². The zero-order chi connectivity index (χ0) is 14.7. The number of benzene rings is 1. The van der Waals surface area contributed by atoms with Gasteiger partial charge in [-0.05, 0) is 12.1 Å². The molecule has 2 aromatic rings. The van der Waals surface area contributed by atoms with Gasteiger partial charge in [-0.3, -0.25) is 0 Å². The third kappa shape index (κ3) is 2.48. The topological polar surface area (TPSA) is 84.0 Å². The van der Waals surface area contributed by atoms with Crippen LogP contribution in [0, 0.1) is 28.8 Å². The minimum absolute atomic E-state index is 0.242. The van der Waals surface area contributed by atoms with Crippen molar-refractivity contribution in [2.75, 3.05) is 5.43 Å². The van der Waals surface area contributed by atoms with Gasteiger partial charge in [0.25, 0.3) is 5.88 Å². The number of nitriles is 1. The van der Waals surface area contributed by atoms with Crippen molar-refractivity contribution in [3.63, 3.8) is 0 Å². The van der Waals surface area contributed by atoms with Crippen LogP contribution in [0.5, 0.6) is 11.6 Å². The Morgan fingerprint density at radius 1 is 1.20 bits per heavy atom. The summed E-state index contributed by atoms with van der Waals surface area (Å²) in [6, 6.07) is 5.65. The Morgan fingerprint density at radius 3 is 2.60 bits per heavy atom. The van der Waals surface area contributed by atoms with E-state index in [9.17, 15) is 13.2 Å². The summed E-state index contributed by atoms with van der Waals surface area (Å²) in [5.74, 6) is 0.711. The van der Waals surface area contributed by atoms with Crippen molar-refractivity contribution in [2.45, 2.75) is 0 Å². The summed E-state index contributed by atoms with van der Waals surface area (Å²) in [7, 11) is 0. The lowest BCUT2D eigenvalue weighted by molar-refractivity contribution is 0.414. The van der Waals surface area contributed by atoms with Crippen LogP contribution in [0.15, 0.2) is 24.3 Å². The molecule has 0 radical (unpaired) electrons. The predicted molar refractivity (Wildman–Crippen MR) is 63.2 cm³/mol. The molecule has 1 heterocycles. The first-order chi connectivity index (χ1) is 9.56. The molecule has 0 atom stereocenters. The third-order valence-corrected chi connectivity index (χ3v) is 2.33. The van der Waals surface area contributed by atoms with Gasteiger partial charge in [0.15, 0.2) is 17.5 Å². The normalized spacial score (nSPS) is 9.95. The lowest BCUT2D eigenvalue weighted by Crippen LogP contribution is -2.11. The molecule has 0 aliphatic carbocycles. The second-order valence-electron chi connectivity index (χ2n) is 3.58. The molecule has 2 rings (SSSR count). The average molecular weight is 280 g/mol. The average Bonchev–Trinajstić information content (AvgIpc) is 2.42. The van der Waals surface area contributed by atoms with Crippen LogP contribution in [0.1, 0.15) is 5.56 Å². The molecule has 0 saturated heterocycles. The van der Waals surface area contributed by atoms with E-state index in [1.165, 1.54) is 12.1 Å². The number of aromatic nitrogens is 1. The molecule has 0 aliphatic rings. The lowest BCUT2D eigenvalue weighted by Gasteiger charge is -2.09. The first kappa shape index (κ1) is 13.6. The van der Waals surface area contributed by atoms with Gasteiger partial charge in [0.1, 0.15) is 23.2 Å². The zero-order valence-corrected chi connectivity index (χ0v) is 9.82. The number of rotatable bonds is 3. The van der Waals surface area contributed by atoms with Gasteiger partial charge in [0.05, 0.1) is 0 Å². The van der Waals surface area contributed by atoms with E-state index in [0.29, 0.717) is 6.07 Å². The molecule has 8 heteroatoms. The molecule has 0 unspecified atom stereocenters. The van der Waals surface area contributed by atoms with E-state index in [1.54, 1.807) is 6.07 Å². The van der Waals surface area contributed by atoms with Gasteiger partial charge in [-0.1, -0.05) is 6.07 Å². The van der Waals surface area contributed by atoms with Crippen LogP contribution in [0.3, 0.4) is 0 Å². The lowest BCUT2D eigenvalue weighted by atomic mass is 10.2. The number of hydrazine groups is 1. The van der Waals surface area contributed by atoms with E-state index in [1.807, 2.05) is 5.43 Å². The summed E-state index contributed by atoms with van der Waals surface area (Å²) >= 11 is 0. The number of hydrogen-bond acceptors (Lipinski definition) is 5. The SMILES string of the molecule is N#Cc1c(F)cccc1Oc1nc(NN)c(F)cc1F. The van der Waals surface area contributed by atoms with E-state index in [2.05, 4.69) is 4.98 Å². The number of pyridine rings is 1. The van der Waals surface area contributed by atoms with Crippen molar-refractivity contribution >= 4 is 5.82 Å². The molecule has 20 heavy (non-hydrogen) atoms. The van der Waals surface area contributed by atoms with Crippen LogP contribution in [0.25, 0.3) is 0 Å². The molecular formula is C12H7F3N4O. The summed E-state index contributed by atoms with van der Waals surface area (Å²) < 4.78 is 45.0. The summed E-state index contributed by atoms with van der Waals surface area (Å²) in [5, 5.41) is 8.81. The van der Waals surface area contributed by atoms with Crippen molar-refractivity contribution in [2.24, 2.45) is 5.84 Å². The fourth-order valence-electron chi connectivity index (χ4n) is 1.42. The molecule has 0 saturated carbocycles. The van der Waals surface area contributed by atoms with Gasteiger partial charge in [-0.25, -0.2) is 19.0 Å². The van der Waals surface area contributed by atoms with Crippen molar-refractivity contribution in [3.8, 4) is 17.7 Å². The van der Waals surface area contributed by atoms with Gasteiger partial charge in [-0.2, -0.15) is 10.2 Å². The minimum Gasteiger partial charge on any atom is -0.435 e. The first-order valence-electron chi connectivity index (χ1n) is 5.26. The Balaban J connectivity index is 2.46. The van der Waals surface area contributed by atoms with Crippen molar-refractivity contribution in [1.82, 2.24) is 4.98 Å². The van der Waals surface area contributed by atoms with E-state index in [4.69, 9.17) is 15.8 Å². The van der Waals surface area contributed by atoms with Crippen LogP contribution in [-0.2, 0) is 0 Å². The van der Waals surface area contributed by atoms with Gasteiger partial charge < -0.3 is 10.2 Å². The van der Waals surface area contributed by atoms with Gasteiger partial charge in [0.2, 0.25) is 0 Å². The Hall–Kier alpha value is -2.79. The number of ether oxygens (including phenoxy) is 1. The Labute approximate surface area is 111 Å². The highest BCUT2D eigenvalue weighted by atomic mass is 19.1. The maximum absolute atomic E-state index is 13.5. The van der Waals surface area contributed by atoms with Crippen LogP contribution >= 0.6 is 0 Å². The highest BCUT2D eigenvalue weighted by molar-refractivity contribution is 5.46. The largest absolute Gasteiger partial charge is 0.435 e. The van der Waals surface area contributed by atoms with Crippen molar-refractivity contribution < 1.29 is 17.9 Å². The van der Waals surface area contributed by atoms with E-state index >= 15 is 0 Å². The molecule has 1 aromatic carbocycles. The second-order valence-corrected chi connectivity index (χ2v) is 3.58. The number of nitrogen functional groups attached to an aromatic ring is 1. The van der Waals surface area contributed by atoms with Crippen LogP contribution in [-0.4, -0.2) is 4.98 Å². The molecule has 0 fully saturated rings. The van der Waals surface area contributed by atoms with Crippen LogP contribution in [0.2, 0.25) is 0 Å². The fourth-order valence-corrected chi connectivity index (χ4v) is 1.42. The summed E-state index contributed by atoms with van der Waals surface area (Å²) in [6.45, 7) is 0. The molecule has 102 valence electrons. The second kappa shape index (κ2) is 5.46. The standard InChI is InChI=1S/C12H7F3N4O/c13-7-2-1-3-10(6(7)5-16)20-12-9(15)4-8(14)11(18-12)19-17/h1-4H,17H2,(H,18,19). The summed E-state index contributed by atoms with van der Waals surface area (Å²) in [4.78, 5) is 3.45. The van der Waals surface area contributed by atoms with Gasteiger partial charge in [-0.15, -0.1) is 0 Å². The van der Waals surface area contributed by atoms with E-state index in [0.717, 1.165) is 6.07 Å². The number of nitrogens with two attached hydrogens (primary N) is 1. The van der Waals surface area contributed by atoms with Crippen LogP contribution < -0.4 is 16.0 Å². The molecule has 0 amide bonds. The fraction of sp³-hybridized carbons (Fsp3) is 0. The number of nitrogens with one attached hydrogen (secondary N) is 1. The van der Waals surface area contributed by atoms with E-state index in [-0.39, 0.29) is 5.75 Å². The molecule has 5 nitrogen and oxygen atoms in total. The number of halogens is 3. The maximum atomic E-state index is 13.5. The van der Waals surface area contributed by atoms with Gasteiger partial charge >= 0.3 is 0 Å². The Bertz CT molecular complexity index is 700. The number of anilines is 1. The van der Waals surface area contributed by atoms with Crippen molar-refractivity contribution in [1.29, 1.82) is 5.26 Å². The third-order valence-electron chi connectivity index (χ3n) is 2.33. The smallest absolute Gasteiger partial charge is 0.258 e. The number of nitrogens with zero attached hydrogens (tertiary/aromatic N) is 2. The summed E-state index contributed by atoms with van der Waals surface area (Å²) in [5.41, 5.74) is 1.50. The predicted octanol–water partition coefficient (Wildman–Crippen LogP) is 2.45. The maximum Gasteiger partial charge on any atom is 0.258 e.